The molecule has 0 unspecified atom stereocenters. The van der Waals surface area contributed by atoms with E-state index in [9.17, 15) is 4.79 Å². The van der Waals surface area contributed by atoms with Gasteiger partial charge >= 0.3 is 6.01 Å². The molecule has 3 aromatic carbocycles. The molecule has 1 amide bonds. The molecule has 1 aromatic heterocycles. The fourth-order valence-electron chi connectivity index (χ4n) is 4.23. The Kier molecular flexibility index (Phi) is 6.21. The monoisotopic (exact) mass is 451 g/mol. The van der Waals surface area contributed by atoms with Gasteiger partial charge in [-0.2, -0.15) is 0 Å². The zero-order valence-corrected chi connectivity index (χ0v) is 18.9. The number of aryl methyl sites for hydroxylation is 1. The maximum Gasteiger partial charge on any atom is 0.321 e. The van der Waals surface area contributed by atoms with Crippen LogP contribution in [0.15, 0.2) is 85.2 Å². The van der Waals surface area contributed by atoms with Crippen LogP contribution in [0.25, 0.3) is 11.1 Å². The first-order valence-electron chi connectivity index (χ1n) is 11.3. The quantitative estimate of drug-likeness (QED) is 0.404. The van der Waals surface area contributed by atoms with Crippen LogP contribution in [0.5, 0.6) is 17.5 Å². The van der Waals surface area contributed by atoms with Gasteiger partial charge < -0.3 is 14.8 Å². The summed E-state index contributed by atoms with van der Waals surface area (Å²) in [5.41, 5.74) is 4.96. The highest BCUT2D eigenvalue weighted by Crippen LogP contribution is 2.30. The zero-order valence-electron chi connectivity index (χ0n) is 18.9. The highest BCUT2D eigenvalue weighted by Gasteiger charge is 2.21. The molecule has 0 bridgehead atoms. The summed E-state index contributed by atoms with van der Waals surface area (Å²) >= 11 is 0. The first kappa shape index (κ1) is 21.6. The standard InChI is InChI=1S/C28H25N3O3/c1-33-23-13-15-24(16-14-23)34-28-29-17-22(18-30-28)19-9-11-21(12-10-19)27(32)31-26-8-4-6-20-5-2-3-7-25(20)26/h2-3,5,7,9-18,26H,4,6,8H2,1H3,(H,31,32)/t26-/m0/s1. The summed E-state index contributed by atoms with van der Waals surface area (Å²) < 4.78 is 10.8. The predicted octanol–water partition coefficient (Wildman–Crippen LogP) is 5.75. The maximum atomic E-state index is 12.9. The summed E-state index contributed by atoms with van der Waals surface area (Å²) in [7, 11) is 1.62. The lowest BCUT2D eigenvalue weighted by atomic mass is 9.87. The van der Waals surface area contributed by atoms with Crippen LogP contribution in [0.1, 0.15) is 40.4 Å². The van der Waals surface area contributed by atoms with E-state index in [1.165, 1.54) is 11.1 Å². The van der Waals surface area contributed by atoms with Gasteiger partial charge in [-0.3, -0.25) is 4.79 Å². The molecule has 4 aromatic rings. The van der Waals surface area contributed by atoms with Crippen molar-refractivity contribution < 1.29 is 14.3 Å². The molecule has 1 aliphatic carbocycles. The summed E-state index contributed by atoms with van der Waals surface area (Å²) in [4.78, 5) is 21.5. The third-order valence-corrected chi connectivity index (χ3v) is 6.05. The molecule has 1 heterocycles. The van der Waals surface area contributed by atoms with Crippen molar-refractivity contribution in [1.29, 1.82) is 0 Å². The second kappa shape index (κ2) is 9.75. The molecule has 0 aliphatic heterocycles. The number of benzene rings is 3. The van der Waals surface area contributed by atoms with Gasteiger partial charge in [0.05, 0.1) is 13.2 Å². The number of methoxy groups -OCH3 is 1. The maximum absolute atomic E-state index is 12.9. The molecule has 5 rings (SSSR count). The van der Waals surface area contributed by atoms with Crippen LogP contribution in [-0.4, -0.2) is 23.0 Å². The van der Waals surface area contributed by atoms with Crippen LogP contribution >= 0.6 is 0 Å². The van der Waals surface area contributed by atoms with E-state index >= 15 is 0 Å². The fourth-order valence-corrected chi connectivity index (χ4v) is 4.23. The highest BCUT2D eigenvalue weighted by molar-refractivity contribution is 5.95. The van der Waals surface area contributed by atoms with Crippen molar-refractivity contribution in [1.82, 2.24) is 15.3 Å². The largest absolute Gasteiger partial charge is 0.497 e. The van der Waals surface area contributed by atoms with Gasteiger partial charge in [-0.25, -0.2) is 9.97 Å². The number of carbonyl (C=O) groups excluding carboxylic acids is 1. The number of aromatic nitrogens is 2. The van der Waals surface area contributed by atoms with Gasteiger partial charge in [0.1, 0.15) is 11.5 Å². The second-order valence-corrected chi connectivity index (χ2v) is 8.23. The van der Waals surface area contributed by atoms with Crippen molar-refractivity contribution in [3.8, 4) is 28.6 Å². The van der Waals surface area contributed by atoms with E-state index in [4.69, 9.17) is 9.47 Å². The first-order chi connectivity index (χ1) is 16.7. The average molecular weight is 452 g/mol. The lowest BCUT2D eigenvalue weighted by Crippen LogP contribution is -2.30. The van der Waals surface area contributed by atoms with Crippen molar-refractivity contribution in [3.05, 3.63) is 102 Å². The molecule has 0 fully saturated rings. The zero-order chi connectivity index (χ0) is 23.3. The molecule has 1 N–H and O–H groups in total. The molecule has 1 aliphatic rings. The molecule has 0 spiro atoms. The summed E-state index contributed by atoms with van der Waals surface area (Å²) in [5.74, 6) is 1.32. The van der Waals surface area contributed by atoms with Gasteiger partial charge in [0, 0.05) is 23.5 Å². The molecule has 0 saturated carbocycles. The Hall–Kier alpha value is -4.19. The predicted molar refractivity (Wildman–Crippen MR) is 130 cm³/mol. The van der Waals surface area contributed by atoms with E-state index in [1.807, 2.05) is 42.5 Å². The number of amides is 1. The molecule has 6 nitrogen and oxygen atoms in total. The van der Waals surface area contributed by atoms with Crippen LogP contribution < -0.4 is 14.8 Å². The van der Waals surface area contributed by atoms with E-state index in [-0.39, 0.29) is 18.0 Å². The lowest BCUT2D eigenvalue weighted by Gasteiger charge is -2.26. The Morgan fingerprint density at radius 2 is 1.59 bits per heavy atom. The topological polar surface area (TPSA) is 73.3 Å². The molecule has 6 heteroatoms. The Morgan fingerprint density at radius 3 is 2.32 bits per heavy atom. The summed E-state index contributed by atoms with van der Waals surface area (Å²) in [5, 5.41) is 3.20. The fraction of sp³-hybridized carbons (Fsp3) is 0.179. The van der Waals surface area contributed by atoms with E-state index in [1.54, 1.807) is 31.6 Å². The smallest absolute Gasteiger partial charge is 0.321 e. The number of nitrogens with zero attached hydrogens (tertiary/aromatic N) is 2. The molecule has 0 radical (unpaired) electrons. The Bertz CT molecular complexity index is 1270. The van der Waals surface area contributed by atoms with Gasteiger partial charge in [-0.1, -0.05) is 36.4 Å². The minimum absolute atomic E-state index is 0.0590. The van der Waals surface area contributed by atoms with E-state index < -0.39 is 0 Å². The van der Waals surface area contributed by atoms with Crippen LogP contribution in [0.4, 0.5) is 0 Å². The molecule has 170 valence electrons. The van der Waals surface area contributed by atoms with E-state index in [0.29, 0.717) is 11.3 Å². The van der Waals surface area contributed by atoms with Crippen LogP contribution in [0, 0.1) is 0 Å². The van der Waals surface area contributed by atoms with Crippen molar-refractivity contribution >= 4 is 5.91 Å². The molecule has 1 atom stereocenters. The first-order valence-corrected chi connectivity index (χ1v) is 11.3. The summed E-state index contributed by atoms with van der Waals surface area (Å²) in [6.45, 7) is 0. The molecule has 34 heavy (non-hydrogen) atoms. The molecular weight excluding hydrogens is 426 g/mol. The molecular formula is C28H25N3O3. The number of rotatable bonds is 6. The van der Waals surface area contributed by atoms with E-state index in [0.717, 1.165) is 36.1 Å². The van der Waals surface area contributed by atoms with Gasteiger partial charge in [0.25, 0.3) is 5.91 Å². The minimum Gasteiger partial charge on any atom is -0.497 e. The van der Waals surface area contributed by atoms with Crippen molar-refractivity contribution in [2.45, 2.75) is 25.3 Å². The van der Waals surface area contributed by atoms with Gasteiger partial charge in [-0.15, -0.1) is 0 Å². The van der Waals surface area contributed by atoms with Crippen LogP contribution in [-0.2, 0) is 6.42 Å². The third-order valence-electron chi connectivity index (χ3n) is 6.05. The normalized spacial score (nSPS) is 14.7. The van der Waals surface area contributed by atoms with E-state index in [2.05, 4.69) is 33.5 Å². The number of fused-ring (bicyclic) bond motifs is 1. The molecule has 0 saturated heterocycles. The summed E-state index contributed by atoms with van der Waals surface area (Å²) in [6.07, 6.45) is 6.53. The Labute approximate surface area is 198 Å². The highest BCUT2D eigenvalue weighted by atomic mass is 16.5. The van der Waals surface area contributed by atoms with Crippen LogP contribution in [0.3, 0.4) is 0 Å². The Balaban J connectivity index is 1.23. The Morgan fingerprint density at radius 1 is 0.882 bits per heavy atom. The van der Waals surface area contributed by atoms with Crippen molar-refractivity contribution in [2.75, 3.05) is 7.11 Å². The second-order valence-electron chi connectivity index (χ2n) is 8.23. The van der Waals surface area contributed by atoms with Crippen LogP contribution in [0.2, 0.25) is 0 Å². The minimum atomic E-state index is -0.0623. The van der Waals surface area contributed by atoms with Gasteiger partial charge in [-0.05, 0) is 72.4 Å². The number of nitrogens with one attached hydrogen (secondary N) is 1. The number of hydrogen-bond acceptors (Lipinski definition) is 5. The number of carbonyl (C=O) groups is 1. The average Bonchev–Trinajstić information content (AvgIpc) is 2.90. The van der Waals surface area contributed by atoms with Gasteiger partial charge in [0.15, 0.2) is 0 Å². The number of hydrogen-bond donors (Lipinski definition) is 1. The SMILES string of the molecule is COc1ccc(Oc2ncc(-c3ccc(C(=O)N[C@H]4CCCc5ccccc54)cc3)cn2)cc1. The lowest BCUT2D eigenvalue weighted by molar-refractivity contribution is 0.0933. The van der Waals surface area contributed by atoms with Crippen molar-refractivity contribution in [3.63, 3.8) is 0 Å². The van der Waals surface area contributed by atoms with Gasteiger partial charge in [0.2, 0.25) is 0 Å². The summed E-state index contributed by atoms with van der Waals surface area (Å²) in [6, 6.07) is 23.4. The van der Waals surface area contributed by atoms with Crippen molar-refractivity contribution in [2.24, 2.45) is 0 Å². The third kappa shape index (κ3) is 4.76. The number of ether oxygens (including phenoxy) is 2.